The number of aliphatic carboxylic acids is 1. The Morgan fingerprint density at radius 2 is 2.33 bits per heavy atom. The first-order chi connectivity index (χ1) is 6.89. The van der Waals surface area contributed by atoms with Crippen molar-refractivity contribution >= 4 is 27.3 Å². The zero-order valence-corrected chi connectivity index (χ0v) is 9.56. The Labute approximate surface area is 91.0 Å². The Kier molecular flexibility index (Phi) is 3.77. The number of carboxylic acids is 1. The Morgan fingerprint density at radius 1 is 1.67 bits per heavy atom. The van der Waals surface area contributed by atoms with Crippen LogP contribution in [0.2, 0.25) is 0 Å². The van der Waals surface area contributed by atoms with Crippen LogP contribution in [0, 0.1) is 6.92 Å². The predicted molar refractivity (Wildman–Crippen MR) is 55.1 cm³/mol. The van der Waals surface area contributed by atoms with E-state index in [0.717, 1.165) is 9.88 Å². The van der Waals surface area contributed by atoms with Crippen molar-refractivity contribution in [3.8, 4) is 0 Å². The molecule has 0 saturated heterocycles. The first kappa shape index (κ1) is 12.1. The van der Waals surface area contributed by atoms with E-state index in [0.29, 0.717) is 0 Å². The van der Waals surface area contributed by atoms with Crippen LogP contribution in [0.15, 0.2) is 6.20 Å². The van der Waals surface area contributed by atoms with Gasteiger partial charge in [0.05, 0.1) is 5.01 Å². The number of aromatic nitrogens is 1. The van der Waals surface area contributed by atoms with E-state index in [9.17, 15) is 13.2 Å². The number of nitrogens with one attached hydrogen (secondary N) is 1. The van der Waals surface area contributed by atoms with Crippen molar-refractivity contribution in [1.82, 2.24) is 9.71 Å². The van der Waals surface area contributed by atoms with Crippen molar-refractivity contribution in [3.05, 3.63) is 16.1 Å². The van der Waals surface area contributed by atoms with Crippen LogP contribution in [0.1, 0.15) is 9.88 Å². The lowest BCUT2D eigenvalue weighted by molar-refractivity contribution is -0.134. The van der Waals surface area contributed by atoms with Crippen molar-refractivity contribution < 1.29 is 18.3 Å². The number of aryl methyl sites for hydroxylation is 1. The molecule has 0 aliphatic carbocycles. The van der Waals surface area contributed by atoms with Crippen LogP contribution in [0.4, 0.5) is 0 Å². The van der Waals surface area contributed by atoms with Gasteiger partial charge in [-0.1, -0.05) is 0 Å². The molecule has 2 N–H and O–H groups in total. The standard InChI is InChI=1S/C7H10N2O4S2/c1-5-8-2-6(14-5)3-9-15(12,13)4-7(10)11/h2,9H,3-4H2,1H3,(H,10,11). The molecule has 0 fully saturated rings. The molecule has 0 atom stereocenters. The van der Waals surface area contributed by atoms with Crippen LogP contribution < -0.4 is 4.72 Å². The minimum atomic E-state index is -3.74. The first-order valence-electron chi connectivity index (χ1n) is 3.99. The molecule has 1 rings (SSSR count). The number of carboxylic acid groups (broad SMARTS) is 1. The zero-order valence-electron chi connectivity index (χ0n) is 7.93. The maximum atomic E-state index is 11.1. The van der Waals surface area contributed by atoms with Gasteiger partial charge >= 0.3 is 5.97 Å². The van der Waals surface area contributed by atoms with E-state index in [1.54, 1.807) is 13.1 Å². The Bertz CT molecular complexity index is 451. The zero-order chi connectivity index (χ0) is 11.5. The molecule has 0 amide bonds. The van der Waals surface area contributed by atoms with Crippen LogP contribution in [0.3, 0.4) is 0 Å². The fourth-order valence-electron chi connectivity index (χ4n) is 0.882. The van der Waals surface area contributed by atoms with Crippen molar-refractivity contribution in [2.24, 2.45) is 0 Å². The highest BCUT2D eigenvalue weighted by atomic mass is 32.2. The van der Waals surface area contributed by atoms with Crippen LogP contribution in [0.5, 0.6) is 0 Å². The molecule has 0 aliphatic heterocycles. The molecule has 0 aliphatic rings. The molecule has 15 heavy (non-hydrogen) atoms. The van der Waals surface area contributed by atoms with Gasteiger partial charge in [0.25, 0.3) is 0 Å². The molecule has 1 aromatic heterocycles. The van der Waals surface area contributed by atoms with E-state index in [2.05, 4.69) is 9.71 Å². The maximum Gasteiger partial charge on any atom is 0.320 e. The summed E-state index contributed by atoms with van der Waals surface area (Å²) in [6.45, 7) is 1.89. The van der Waals surface area contributed by atoms with Gasteiger partial charge in [-0.15, -0.1) is 11.3 Å². The minimum Gasteiger partial charge on any atom is -0.480 e. The summed E-state index contributed by atoms with van der Waals surface area (Å²) in [4.78, 5) is 14.9. The summed E-state index contributed by atoms with van der Waals surface area (Å²) in [5.41, 5.74) is 0. The molecule has 1 heterocycles. The number of rotatable bonds is 5. The third-order valence-corrected chi connectivity index (χ3v) is 3.57. The van der Waals surface area contributed by atoms with Crippen molar-refractivity contribution in [2.45, 2.75) is 13.5 Å². The minimum absolute atomic E-state index is 0.0844. The second-order valence-corrected chi connectivity index (χ2v) is 5.95. The summed E-state index contributed by atoms with van der Waals surface area (Å²) < 4.78 is 24.4. The van der Waals surface area contributed by atoms with Gasteiger partial charge in [0.15, 0.2) is 5.75 Å². The van der Waals surface area contributed by atoms with Crippen LogP contribution in [-0.4, -0.2) is 30.2 Å². The fourth-order valence-corrected chi connectivity index (χ4v) is 2.51. The Hall–Kier alpha value is -0.990. The number of hydrogen-bond donors (Lipinski definition) is 2. The molecule has 0 aromatic carbocycles. The fraction of sp³-hybridized carbons (Fsp3) is 0.429. The maximum absolute atomic E-state index is 11.1. The van der Waals surface area contributed by atoms with Gasteiger partial charge in [-0.05, 0) is 6.92 Å². The molecule has 0 spiro atoms. The average Bonchev–Trinajstić information content (AvgIpc) is 2.46. The first-order valence-corrected chi connectivity index (χ1v) is 6.46. The van der Waals surface area contributed by atoms with Gasteiger partial charge in [-0.3, -0.25) is 4.79 Å². The molecular formula is C7H10N2O4S2. The van der Waals surface area contributed by atoms with E-state index in [1.807, 2.05) is 0 Å². The normalized spacial score (nSPS) is 11.5. The number of thiazole rings is 1. The summed E-state index contributed by atoms with van der Waals surface area (Å²) >= 11 is 1.36. The Balaban J connectivity index is 2.53. The van der Waals surface area contributed by atoms with Gasteiger partial charge in [0.2, 0.25) is 10.0 Å². The number of carbonyl (C=O) groups is 1. The summed E-state index contributed by atoms with van der Waals surface area (Å²) in [6, 6.07) is 0. The number of nitrogens with zero attached hydrogens (tertiary/aromatic N) is 1. The summed E-state index contributed by atoms with van der Waals surface area (Å²) in [5.74, 6) is -2.28. The summed E-state index contributed by atoms with van der Waals surface area (Å²) in [6.07, 6.45) is 1.56. The highest BCUT2D eigenvalue weighted by Crippen LogP contribution is 2.10. The predicted octanol–water partition coefficient (Wildman–Crippen LogP) is -0.0445. The van der Waals surface area contributed by atoms with E-state index in [4.69, 9.17) is 5.11 Å². The lowest BCUT2D eigenvalue weighted by atomic mass is 10.6. The van der Waals surface area contributed by atoms with Crippen molar-refractivity contribution in [1.29, 1.82) is 0 Å². The lowest BCUT2D eigenvalue weighted by Crippen LogP contribution is -2.29. The molecule has 1 aromatic rings. The van der Waals surface area contributed by atoms with Crippen LogP contribution >= 0.6 is 11.3 Å². The largest absolute Gasteiger partial charge is 0.480 e. The Morgan fingerprint density at radius 3 is 2.80 bits per heavy atom. The van der Waals surface area contributed by atoms with Crippen molar-refractivity contribution in [2.75, 3.05) is 5.75 Å². The summed E-state index contributed by atoms with van der Waals surface area (Å²) in [7, 11) is -3.74. The SMILES string of the molecule is Cc1ncc(CNS(=O)(=O)CC(=O)O)s1. The van der Waals surface area contributed by atoms with Crippen LogP contribution in [0.25, 0.3) is 0 Å². The number of hydrogen-bond acceptors (Lipinski definition) is 5. The molecule has 0 saturated carbocycles. The second-order valence-electron chi connectivity index (χ2n) is 2.82. The third kappa shape index (κ3) is 4.36. The van der Waals surface area contributed by atoms with Gasteiger partial charge in [0.1, 0.15) is 0 Å². The second kappa shape index (κ2) is 4.69. The molecule has 84 valence electrons. The van der Waals surface area contributed by atoms with E-state index < -0.39 is 21.7 Å². The van der Waals surface area contributed by atoms with Gasteiger partial charge in [0, 0.05) is 17.6 Å². The van der Waals surface area contributed by atoms with Gasteiger partial charge in [-0.2, -0.15) is 0 Å². The topological polar surface area (TPSA) is 96.4 Å². The smallest absolute Gasteiger partial charge is 0.320 e. The van der Waals surface area contributed by atoms with E-state index >= 15 is 0 Å². The van der Waals surface area contributed by atoms with Gasteiger partial charge < -0.3 is 5.11 Å². The van der Waals surface area contributed by atoms with Crippen LogP contribution in [-0.2, 0) is 21.4 Å². The molecule has 8 heteroatoms. The average molecular weight is 250 g/mol. The third-order valence-electron chi connectivity index (χ3n) is 1.45. The monoisotopic (exact) mass is 250 g/mol. The molecule has 0 radical (unpaired) electrons. The lowest BCUT2D eigenvalue weighted by Gasteiger charge is -2.01. The highest BCUT2D eigenvalue weighted by molar-refractivity contribution is 7.90. The number of sulfonamides is 1. The van der Waals surface area contributed by atoms with E-state index in [-0.39, 0.29) is 6.54 Å². The van der Waals surface area contributed by atoms with Gasteiger partial charge in [-0.25, -0.2) is 18.1 Å². The molecular weight excluding hydrogens is 240 g/mol. The molecule has 0 unspecified atom stereocenters. The summed E-state index contributed by atoms with van der Waals surface area (Å²) in [5, 5.41) is 9.16. The van der Waals surface area contributed by atoms with E-state index in [1.165, 1.54) is 11.3 Å². The quantitative estimate of drug-likeness (QED) is 0.764. The molecule has 0 bridgehead atoms. The molecule has 6 nitrogen and oxygen atoms in total. The highest BCUT2D eigenvalue weighted by Gasteiger charge is 2.15. The van der Waals surface area contributed by atoms with Crippen molar-refractivity contribution in [3.63, 3.8) is 0 Å².